The van der Waals surface area contributed by atoms with Crippen LogP contribution in [-0.4, -0.2) is 36.2 Å². The number of rotatable bonds is 7. The van der Waals surface area contributed by atoms with Crippen molar-refractivity contribution in [2.45, 2.75) is 34.6 Å². The van der Waals surface area contributed by atoms with Crippen LogP contribution in [0.5, 0.6) is 0 Å². The first-order chi connectivity index (χ1) is 9.90. The van der Waals surface area contributed by atoms with Crippen LogP contribution in [0.25, 0.3) is 0 Å². The highest BCUT2D eigenvalue weighted by Gasteiger charge is 2.18. The van der Waals surface area contributed by atoms with E-state index in [1.165, 1.54) is 0 Å². The zero-order chi connectivity index (χ0) is 16.0. The van der Waals surface area contributed by atoms with E-state index in [4.69, 9.17) is 0 Å². The quantitative estimate of drug-likeness (QED) is 0.780. The lowest BCUT2D eigenvalue weighted by Crippen LogP contribution is -2.33. The number of amides is 1. The summed E-state index contributed by atoms with van der Waals surface area (Å²) in [5.74, 6) is -0.118. The first kappa shape index (κ1) is 20.6. The molecule has 1 aromatic rings. The monoisotopic (exact) mass is 326 g/mol. The Bertz CT molecular complexity index is 511. The highest BCUT2D eigenvalue weighted by atomic mass is 35.5. The summed E-state index contributed by atoms with van der Waals surface area (Å²) in [6.45, 7) is 11.7. The third kappa shape index (κ3) is 5.43. The molecule has 0 fully saturated rings. The Morgan fingerprint density at radius 2 is 1.77 bits per heavy atom. The predicted octanol–water partition coefficient (Wildman–Crippen LogP) is 3.54. The number of nitrogens with one attached hydrogen (secondary N) is 1. The van der Waals surface area contributed by atoms with Crippen molar-refractivity contribution in [1.29, 1.82) is 0 Å². The second-order valence-electron chi connectivity index (χ2n) is 5.53. The first-order valence-corrected chi connectivity index (χ1v) is 7.56. The minimum Gasteiger partial charge on any atom is -0.324 e. The normalized spacial score (nSPS) is 10.5. The summed E-state index contributed by atoms with van der Waals surface area (Å²) in [6.07, 6.45) is 0. The van der Waals surface area contributed by atoms with Crippen molar-refractivity contribution in [3.8, 4) is 0 Å². The smallest absolute Gasteiger partial charge is 0.238 e. The van der Waals surface area contributed by atoms with Crippen LogP contribution < -0.4 is 5.32 Å². The minimum atomic E-state index is -0.0924. The molecule has 124 valence electrons. The molecule has 0 radical (unpaired) electrons. The molecule has 0 saturated carbocycles. The molecule has 5 heteroatoms. The predicted molar refractivity (Wildman–Crippen MR) is 94.0 cm³/mol. The van der Waals surface area contributed by atoms with Crippen LogP contribution in [0, 0.1) is 12.8 Å². The highest BCUT2D eigenvalue weighted by Crippen LogP contribution is 2.23. The fourth-order valence-corrected chi connectivity index (χ4v) is 2.18. The zero-order valence-corrected chi connectivity index (χ0v) is 14.9. The van der Waals surface area contributed by atoms with Gasteiger partial charge < -0.3 is 5.32 Å². The Balaban J connectivity index is 0.00000441. The molecule has 1 aromatic carbocycles. The first-order valence-electron chi connectivity index (χ1n) is 7.56. The van der Waals surface area contributed by atoms with Crippen molar-refractivity contribution < 1.29 is 9.59 Å². The molecule has 1 N–H and O–H groups in total. The summed E-state index contributed by atoms with van der Waals surface area (Å²) in [5.41, 5.74) is 2.15. The molecule has 0 aliphatic heterocycles. The summed E-state index contributed by atoms with van der Waals surface area (Å²) < 4.78 is 0. The molecule has 0 bridgehead atoms. The van der Waals surface area contributed by atoms with Crippen LogP contribution in [0.4, 0.5) is 5.69 Å². The van der Waals surface area contributed by atoms with Gasteiger partial charge in [-0.25, -0.2) is 0 Å². The molecule has 0 aliphatic rings. The average molecular weight is 327 g/mol. The van der Waals surface area contributed by atoms with Crippen LogP contribution in [0.3, 0.4) is 0 Å². The number of benzene rings is 1. The number of Topliss-reactive ketones (excluding diaryl/α,β-unsaturated/α-hetero) is 1. The van der Waals surface area contributed by atoms with Crippen molar-refractivity contribution >= 4 is 29.8 Å². The van der Waals surface area contributed by atoms with Gasteiger partial charge in [0, 0.05) is 11.5 Å². The third-order valence-electron chi connectivity index (χ3n) is 3.59. The zero-order valence-electron chi connectivity index (χ0n) is 14.1. The Morgan fingerprint density at radius 1 is 1.18 bits per heavy atom. The molecule has 0 spiro atoms. The fraction of sp³-hybridized carbons (Fsp3) is 0.529. The summed E-state index contributed by atoms with van der Waals surface area (Å²) >= 11 is 0. The van der Waals surface area contributed by atoms with E-state index in [-0.39, 0.29) is 30.0 Å². The number of carbonyl (C=O) groups is 2. The Morgan fingerprint density at radius 3 is 2.27 bits per heavy atom. The van der Waals surface area contributed by atoms with Crippen molar-refractivity contribution in [2.24, 2.45) is 5.92 Å². The van der Waals surface area contributed by atoms with Crippen LogP contribution in [0.1, 0.15) is 43.6 Å². The van der Waals surface area contributed by atoms with Gasteiger partial charge in [-0.3, -0.25) is 14.5 Å². The van der Waals surface area contributed by atoms with Gasteiger partial charge in [0.15, 0.2) is 5.78 Å². The molecule has 4 nitrogen and oxygen atoms in total. The van der Waals surface area contributed by atoms with Crippen molar-refractivity contribution in [2.75, 3.05) is 25.0 Å². The molecule has 0 unspecified atom stereocenters. The minimum absolute atomic E-state index is 0. The maximum Gasteiger partial charge on any atom is 0.238 e. The van der Waals surface area contributed by atoms with E-state index in [9.17, 15) is 9.59 Å². The lowest BCUT2D eigenvalue weighted by atomic mass is 9.97. The van der Waals surface area contributed by atoms with Crippen molar-refractivity contribution in [1.82, 2.24) is 4.90 Å². The number of aryl methyl sites for hydroxylation is 1. The Labute approximate surface area is 139 Å². The van der Waals surface area contributed by atoms with Crippen LogP contribution in [0.15, 0.2) is 18.2 Å². The Hall–Kier alpha value is -1.39. The van der Waals surface area contributed by atoms with Gasteiger partial charge in [-0.05, 0) is 31.6 Å². The van der Waals surface area contributed by atoms with E-state index in [0.717, 1.165) is 18.7 Å². The number of hydrogen-bond donors (Lipinski definition) is 1. The van der Waals surface area contributed by atoms with E-state index >= 15 is 0 Å². The maximum absolute atomic E-state index is 12.3. The number of ketones is 1. The van der Waals surface area contributed by atoms with E-state index in [1.807, 2.05) is 51.7 Å². The Kier molecular flexibility index (Phi) is 8.99. The van der Waals surface area contributed by atoms with Crippen molar-refractivity contribution in [3.05, 3.63) is 29.3 Å². The molecule has 0 saturated heterocycles. The number of carbonyl (C=O) groups excluding carboxylic acids is 2. The SMILES string of the molecule is CCN(CC)CC(=O)Nc1c(C)cccc1C(=O)C(C)C.Cl. The number of hydrogen-bond acceptors (Lipinski definition) is 3. The molecule has 0 atom stereocenters. The summed E-state index contributed by atoms with van der Waals surface area (Å²) in [6, 6.07) is 5.54. The van der Waals surface area contributed by atoms with Gasteiger partial charge in [0.25, 0.3) is 0 Å². The number of para-hydroxylation sites is 1. The molecule has 22 heavy (non-hydrogen) atoms. The van der Waals surface area contributed by atoms with Crippen LogP contribution in [-0.2, 0) is 4.79 Å². The second kappa shape index (κ2) is 9.59. The van der Waals surface area contributed by atoms with E-state index in [2.05, 4.69) is 5.32 Å². The standard InChI is InChI=1S/C17H26N2O2.ClH/c1-6-19(7-2)11-15(20)18-16-13(5)9-8-10-14(16)17(21)12(3)4;/h8-10,12H,6-7,11H2,1-5H3,(H,18,20);1H. The van der Waals surface area contributed by atoms with Crippen LogP contribution in [0.2, 0.25) is 0 Å². The molecular weight excluding hydrogens is 300 g/mol. The van der Waals surface area contributed by atoms with Gasteiger partial charge in [0.05, 0.1) is 12.2 Å². The van der Waals surface area contributed by atoms with Gasteiger partial charge in [0.1, 0.15) is 0 Å². The maximum atomic E-state index is 12.3. The fourth-order valence-electron chi connectivity index (χ4n) is 2.18. The number of anilines is 1. The number of halogens is 1. The summed E-state index contributed by atoms with van der Waals surface area (Å²) in [4.78, 5) is 26.5. The van der Waals surface area contributed by atoms with Gasteiger partial charge >= 0.3 is 0 Å². The van der Waals surface area contributed by atoms with E-state index < -0.39 is 0 Å². The lowest BCUT2D eigenvalue weighted by Gasteiger charge is -2.19. The lowest BCUT2D eigenvalue weighted by molar-refractivity contribution is -0.117. The van der Waals surface area contributed by atoms with E-state index in [1.54, 1.807) is 6.07 Å². The number of nitrogens with zero attached hydrogens (tertiary/aromatic N) is 1. The van der Waals surface area contributed by atoms with Gasteiger partial charge in [-0.15, -0.1) is 12.4 Å². The van der Waals surface area contributed by atoms with Gasteiger partial charge in [0.2, 0.25) is 5.91 Å². The van der Waals surface area contributed by atoms with E-state index in [0.29, 0.717) is 17.8 Å². The average Bonchev–Trinajstić information content (AvgIpc) is 2.46. The third-order valence-corrected chi connectivity index (χ3v) is 3.59. The molecule has 0 heterocycles. The van der Waals surface area contributed by atoms with Crippen molar-refractivity contribution in [3.63, 3.8) is 0 Å². The van der Waals surface area contributed by atoms with Gasteiger partial charge in [-0.2, -0.15) is 0 Å². The molecular formula is C17H27ClN2O2. The highest BCUT2D eigenvalue weighted by molar-refractivity contribution is 6.06. The molecule has 1 rings (SSSR count). The topological polar surface area (TPSA) is 49.4 Å². The largest absolute Gasteiger partial charge is 0.324 e. The molecule has 0 aliphatic carbocycles. The summed E-state index contributed by atoms with van der Waals surface area (Å²) in [5, 5.41) is 2.91. The summed E-state index contributed by atoms with van der Waals surface area (Å²) in [7, 11) is 0. The molecule has 0 aromatic heterocycles. The molecule has 1 amide bonds. The second-order valence-corrected chi connectivity index (χ2v) is 5.53. The van der Waals surface area contributed by atoms with Crippen LogP contribution >= 0.6 is 12.4 Å². The van der Waals surface area contributed by atoms with Gasteiger partial charge in [-0.1, -0.05) is 39.8 Å². The number of likely N-dealkylation sites (N-methyl/N-ethyl adjacent to an activating group) is 1.